The van der Waals surface area contributed by atoms with Crippen molar-refractivity contribution in [3.63, 3.8) is 0 Å². The molecule has 0 spiro atoms. The van der Waals surface area contributed by atoms with E-state index in [1.807, 2.05) is 31.2 Å². The normalized spacial score (nSPS) is 10.5. The molecule has 1 heterocycles. The molecule has 0 saturated heterocycles. The highest BCUT2D eigenvalue weighted by molar-refractivity contribution is 5.55. The number of hydrogen-bond acceptors (Lipinski definition) is 4. The average Bonchev–Trinajstić information content (AvgIpc) is 2.66. The molecular weight excluding hydrogens is 192 g/mol. The minimum absolute atomic E-state index is 0.0316. The van der Waals surface area contributed by atoms with Crippen molar-refractivity contribution in [2.24, 2.45) is 0 Å². The first-order valence-corrected chi connectivity index (χ1v) is 4.75. The molecule has 5 nitrogen and oxygen atoms in total. The van der Waals surface area contributed by atoms with Gasteiger partial charge in [-0.15, -0.1) is 5.10 Å². The smallest absolute Gasteiger partial charge is 0.182 e. The number of rotatable bonds is 3. The first-order chi connectivity index (χ1) is 7.31. The van der Waals surface area contributed by atoms with Crippen molar-refractivity contribution < 1.29 is 5.11 Å². The molecule has 2 aromatic rings. The van der Waals surface area contributed by atoms with Gasteiger partial charge in [0.05, 0.1) is 13.2 Å². The molecule has 15 heavy (non-hydrogen) atoms. The Bertz CT molecular complexity index is 452. The minimum Gasteiger partial charge on any atom is -0.394 e. The molecule has 0 saturated carbocycles. The standard InChI is InChI=1S/C10H12N4O/c1-8-3-2-4-9(7-8)10-11-12-13-14(10)5-6-15/h2-4,7,15H,5-6H2,1H3. The third kappa shape index (κ3) is 2.02. The predicted molar refractivity (Wildman–Crippen MR) is 55.1 cm³/mol. The van der Waals surface area contributed by atoms with Crippen LogP contribution in [0.25, 0.3) is 11.4 Å². The number of benzene rings is 1. The fourth-order valence-electron chi connectivity index (χ4n) is 1.44. The molecule has 0 amide bonds. The Labute approximate surface area is 87.4 Å². The molecule has 0 radical (unpaired) electrons. The van der Waals surface area contributed by atoms with Gasteiger partial charge in [-0.05, 0) is 23.4 Å². The summed E-state index contributed by atoms with van der Waals surface area (Å²) in [6.45, 7) is 2.46. The molecule has 2 rings (SSSR count). The highest BCUT2D eigenvalue weighted by Crippen LogP contribution is 2.16. The Hall–Kier alpha value is -1.75. The minimum atomic E-state index is 0.0316. The maximum Gasteiger partial charge on any atom is 0.182 e. The SMILES string of the molecule is Cc1cccc(-c2nnnn2CCO)c1. The maximum atomic E-state index is 8.85. The van der Waals surface area contributed by atoms with Gasteiger partial charge in [0.2, 0.25) is 0 Å². The van der Waals surface area contributed by atoms with E-state index in [0.29, 0.717) is 12.4 Å². The summed E-state index contributed by atoms with van der Waals surface area (Å²) in [6, 6.07) is 7.94. The van der Waals surface area contributed by atoms with E-state index in [4.69, 9.17) is 5.11 Å². The number of aryl methyl sites for hydroxylation is 1. The third-order valence-electron chi connectivity index (χ3n) is 2.12. The fourth-order valence-corrected chi connectivity index (χ4v) is 1.44. The second-order valence-corrected chi connectivity index (χ2v) is 3.32. The van der Waals surface area contributed by atoms with Crippen molar-refractivity contribution in [3.05, 3.63) is 29.8 Å². The van der Waals surface area contributed by atoms with Crippen LogP contribution in [-0.4, -0.2) is 31.9 Å². The van der Waals surface area contributed by atoms with Gasteiger partial charge in [0.25, 0.3) is 0 Å². The van der Waals surface area contributed by atoms with Crippen molar-refractivity contribution in [2.45, 2.75) is 13.5 Å². The van der Waals surface area contributed by atoms with E-state index in [9.17, 15) is 0 Å². The molecule has 1 N–H and O–H groups in total. The molecule has 1 aromatic heterocycles. The van der Waals surface area contributed by atoms with Gasteiger partial charge in [0.1, 0.15) is 0 Å². The second-order valence-electron chi connectivity index (χ2n) is 3.32. The van der Waals surface area contributed by atoms with Gasteiger partial charge < -0.3 is 5.11 Å². The highest BCUT2D eigenvalue weighted by Gasteiger charge is 2.07. The van der Waals surface area contributed by atoms with Crippen molar-refractivity contribution in [3.8, 4) is 11.4 Å². The third-order valence-corrected chi connectivity index (χ3v) is 2.12. The molecule has 0 fully saturated rings. The zero-order valence-electron chi connectivity index (χ0n) is 8.46. The number of nitrogens with zero attached hydrogens (tertiary/aromatic N) is 4. The molecule has 0 aliphatic heterocycles. The van der Waals surface area contributed by atoms with Crippen LogP contribution in [0.5, 0.6) is 0 Å². The van der Waals surface area contributed by atoms with Crippen LogP contribution in [0.1, 0.15) is 5.56 Å². The number of hydrogen-bond donors (Lipinski definition) is 1. The summed E-state index contributed by atoms with van der Waals surface area (Å²) in [5.74, 6) is 0.688. The van der Waals surface area contributed by atoms with E-state index in [1.54, 1.807) is 4.68 Å². The summed E-state index contributed by atoms with van der Waals surface area (Å²) < 4.78 is 1.59. The molecule has 0 atom stereocenters. The Kier molecular flexibility index (Phi) is 2.73. The topological polar surface area (TPSA) is 63.8 Å². The summed E-state index contributed by atoms with van der Waals surface area (Å²) in [5, 5.41) is 20.2. The van der Waals surface area contributed by atoms with E-state index in [1.165, 1.54) is 0 Å². The Morgan fingerprint density at radius 1 is 1.40 bits per heavy atom. The van der Waals surface area contributed by atoms with Crippen LogP contribution >= 0.6 is 0 Å². The number of aliphatic hydroxyl groups excluding tert-OH is 1. The largest absolute Gasteiger partial charge is 0.394 e. The zero-order valence-corrected chi connectivity index (χ0v) is 8.46. The quantitative estimate of drug-likeness (QED) is 0.797. The van der Waals surface area contributed by atoms with E-state index in [2.05, 4.69) is 15.5 Å². The van der Waals surface area contributed by atoms with E-state index in [0.717, 1.165) is 11.1 Å². The van der Waals surface area contributed by atoms with Crippen molar-refractivity contribution in [1.82, 2.24) is 20.2 Å². The first kappa shape index (κ1) is 9.79. The molecule has 1 aromatic carbocycles. The van der Waals surface area contributed by atoms with Gasteiger partial charge >= 0.3 is 0 Å². The molecule has 0 aliphatic carbocycles. The summed E-state index contributed by atoms with van der Waals surface area (Å²) >= 11 is 0. The van der Waals surface area contributed by atoms with Crippen molar-refractivity contribution in [1.29, 1.82) is 0 Å². The molecule has 78 valence electrons. The molecule has 0 bridgehead atoms. The molecule has 5 heteroatoms. The summed E-state index contributed by atoms with van der Waals surface area (Å²) in [5.41, 5.74) is 2.12. The highest BCUT2D eigenvalue weighted by atomic mass is 16.3. The number of aromatic nitrogens is 4. The summed E-state index contributed by atoms with van der Waals surface area (Å²) in [4.78, 5) is 0. The van der Waals surface area contributed by atoms with Crippen LogP contribution in [0.2, 0.25) is 0 Å². The lowest BCUT2D eigenvalue weighted by molar-refractivity contribution is 0.269. The summed E-state index contributed by atoms with van der Waals surface area (Å²) in [6.07, 6.45) is 0. The lowest BCUT2D eigenvalue weighted by Gasteiger charge is -2.02. The van der Waals surface area contributed by atoms with Gasteiger partial charge in [-0.25, -0.2) is 4.68 Å². The Morgan fingerprint density at radius 2 is 2.27 bits per heavy atom. The van der Waals surface area contributed by atoms with Crippen LogP contribution in [0.3, 0.4) is 0 Å². The Morgan fingerprint density at radius 3 is 3.00 bits per heavy atom. The van der Waals surface area contributed by atoms with Crippen LogP contribution < -0.4 is 0 Å². The van der Waals surface area contributed by atoms with Crippen LogP contribution in [-0.2, 0) is 6.54 Å². The fraction of sp³-hybridized carbons (Fsp3) is 0.300. The van der Waals surface area contributed by atoms with Gasteiger partial charge in [0.15, 0.2) is 5.82 Å². The van der Waals surface area contributed by atoms with E-state index >= 15 is 0 Å². The lowest BCUT2D eigenvalue weighted by atomic mass is 10.1. The monoisotopic (exact) mass is 204 g/mol. The van der Waals surface area contributed by atoms with Gasteiger partial charge in [-0.2, -0.15) is 0 Å². The Balaban J connectivity index is 2.40. The van der Waals surface area contributed by atoms with Crippen LogP contribution in [0.15, 0.2) is 24.3 Å². The van der Waals surface area contributed by atoms with Crippen LogP contribution in [0.4, 0.5) is 0 Å². The molecule has 0 aliphatic rings. The molecular formula is C10H12N4O. The van der Waals surface area contributed by atoms with Crippen molar-refractivity contribution in [2.75, 3.05) is 6.61 Å². The maximum absolute atomic E-state index is 8.85. The number of aliphatic hydroxyl groups is 1. The van der Waals surface area contributed by atoms with E-state index < -0.39 is 0 Å². The predicted octanol–water partition coefficient (Wildman–Crippen LogP) is 0.641. The summed E-state index contributed by atoms with van der Waals surface area (Å²) in [7, 11) is 0. The zero-order chi connectivity index (χ0) is 10.7. The average molecular weight is 204 g/mol. The van der Waals surface area contributed by atoms with Gasteiger partial charge in [-0.1, -0.05) is 23.8 Å². The lowest BCUT2D eigenvalue weighted by Crippen LogP contribution is -2.06. The first-order valence-electron chi connectivity index (χ1n) is 4.75. The van der Waals surface area contributed by atoms with Crippen molar-refractivity contribution >= 4 is 0 Å². The van der Waals surface area contributed by atoms with Crippen LogP contribution in [0, 0.1) is 6.92 Å². The number of tetrazole rings is 1. The van der Waals surface area contributed by atoms with Gasteiger partial charge in [-0.3, -0.25) is 0 Å². The van der Waals surface area contributed by atoms with Gasteiger partial charge in [0, 0.05) is 5.56 Å². The second kappa shape index (κ2) is 4.18. The van der Waals surface area contributed by atoms with E-state index in [-0.39, 0.29) is 6.61 Å². The molecule has 0 unspecified atom stereocenters.